The summed E-state index contributed by atoms with van der Waals surface area (Å²) in [6.45, 7) is 4.76. The number of esters is 2. The Balaban J connectivity index is 4.12. The number of carboxylic acid groups (broad SMARTS) is 1. The van der Waals surface area contributed by atoms with Crippen molar-refractivity contribution in [2.45, 2.75) is 322 Å². The molecule has 0 saturated carbocycles. The number of hydrogen-bond acceptors (Lipinski definition) is 7. The van der Waals surface area contributed by atoms with E-state index in [1.54, 1.807) is 0 Å². The summed E-state index contributed by atoms with van der Waals surface area (Å²) < 4.78 is 23.0. The van der Waals surface area contributed by atoms with Crippen LogP contribution in [0, 0.1) is 0 Å². The number of ether oxygens (including phenoxy) is 4. The third-order valence-corrected chi connectivity index (χ3v) is 15.7. The van der Waals surface area contributed by atoms with Crippen molar-refractivity contribution >= 4 is 17.9 Å². The van der Waals surface area contributed by atoms with Crippen LogP contribution >= 0.6 is 0 Å². The number of likely N-dealkylation sites (N-methyl/N-ethyl adjacent to an activating group) is 1. The van der Waals surface area contributed by atoms with E-state index in [4.69, 9.17) is 18.9 Å². The van der Waals surface area contributed by atoms with Crippen molar-refractivity contribution in [2.24, 2.45) is 0 Å². The molecule has 0 aliphatic heterocycles. The van der Waals surface area contributed by atoms with E-state index in [2.05, 4.69) is 135 Å². The summed E-state index contributed by atoms with van der Waals surface area (Å²) >= 11 is 0. The second-order valence-electron chi connectivity index (χ2n) is 25.5. The summed E-state index contributed by atoms with van der Waals surface area (Å²) in [7, 11) is 5.98. The number of hydrogen-bond donors (Lipinski definition) is 1. The van der Waals surface area contributed by atoms with Crippen molar-refractivity contribution in [3.05, 3.63) is 122 Å². The van der Waals surface area contributed by atoms with Crippen molar-refractivity contribution in [1.82, 2.24) is 0 Å². The maximum absolute atomic E-state index is 13.0. The van der Waals surface area contributed by atoms with E-state index in [0.717, 1.165) is 103 Å². The lowest BCUT2D eigenvalue weighted by molar-refractivity contribution is -0.870. The predicted molar refractivity (Wildman–Crippen MR) is 382 cm³/mol. The highest BCUT2D eigenvalue weighted by molar-refractivity contribution is 5.71. The predicted octanol–water partition coefficient (Wildman–Crippen LogP) is 23.1. The molecule has 2 atom stereocenters. The third-order valence-electron chi connectivity index (χ3n) is 15.7. The molecule has 0 fully saturated rings. The van der Waals surface area contributed by atoms with Crippen LogP contribution in [0.4, 0.5) is 0 Å². The number of nitrogens with zero attached hydrogens (tertiary/aromatic N) is 1. The zero-order valence-electron chi connectivity index (χ0n) is 58.3. The van der Waals surface area contributed by atoms with Gasteiger partial charge in [0.05, 0.1) is 34.4 Å². The second kappa shape index (κ2) is 69.6. The Kier molecular flexibility index (Phi) is 66.2. The average molecular weight is 1240 g/mol. The van der Waals surface area contributed by atoms with Crippen LogP contribution in [0.3, 0.4) is 0 Å². The zero-order valence-corrected chi connectivity index (χ0v) is 58.3. The monoisotopic (exact) mass is 1240 g/mol. The lowest BCUT2D eigenvalue weighted by atomic mass is 10.0. The van der Waals surface area contributed by atoms with Crippen LogP contribution in [-0.4, -0.2) is 87.4 Å². The first kappa shape index (κ1) is 84.7. The van der Waals surface area contributed by atoms with Crippen LogP contribution in [0.2, 0.25) is 0 Å². The van der Waals surface area contributed by atoms with Crippen molar-refractivity contribution in [2.75, 3.05) is 47.5 Å². The fourth-order valence-corrected chi connectivity index (χ4v) is 10.1. The van der Waals surface area contributed by atoms with Gasteiger partial charge < -0.3 is 28.5 Å². The van der Waals surface area contributed by atoms with Crippen molar-refractivity contribution in [1.29, 1.82) is 0 Å². The van der Waals surface area contributed by atoms with E-state index < -0.39 is 24.3 Å². The van der Waals surface area contributed by atoms with E-state index in [0.29, 0.717) is 23.9 Å². The Labute approximate surface area is 548 Å². The smallest absolute Gasteiger partial charge is 0.361 e. The molecular formula is C80H138NO8+. The molecular weight excluding hydrogens is 1100 g/mol. The molecule has 1 N–H and O–H groups in total. The molecule has 9 nitrogen and oxygen atoms in total. The number of rotatable bonds is 67. The summed E-state index contributed by atoms with van der Waals surface area (Å²) in [5.41, 5.74) is 0. The summed E-state index contributed by atoms with van der Waals surface area (Å²) in [6.07, 6.45) is 96.0. The largest absolute Gasteiger partial charge is 0.477 e. The molecule has 0 bridgehead atoms. The highest BCUT2D eigenvalue weighted by atomic mass is 16.7. The van der Waals surface area contributed by atoms with Crippen molar-refractivity contribution in [3.63, 3.8) is 0 Å². The number of carboxylic acids is 1. The summed E-state index contributed by atoms with van der Waals surface area (Å²) in [4.78, 5) is 37.7. The van der Waals surface area contributed by atoms with E-state index in [1.165, 1.54) is 173 Å². The number of allylic oxidation sites excluding steroid dienone is 20. The maximum atomic E-state index is 13.0. The number of unbranched alkanes of at least 4 members (excludes halogenated alkanes) is 32. The SMILES string of the molecule is CC/C=C\C/C=C\C/C=C\C/C=C\C/C=C\C/C=C\C/C=C\CCCCCCCCCCCC(=O)OC(COC(=O)CCCCCCCCCCCCCCCCCCCC/C=C\C/C=C\C/C=C\CCCCCCC)COC(OCC[N+](C)(C)C)C(=O)O. The third kappa shape index (κ3) is 71.0. The summed E-state index contributed by atoms with van der Waals surface area (Å²) in [6, 6.07) is 0. The molecule has 89 heavy (non-hydrogen) atoms. The Morgan fingerprint density at radius 2 is 0.640 bits per heavy atom. The molecule has 9 heteroatoms. The van der Waals surface area contributed by atoms with Gasteiger partial charge in [-0.3, -0.25) is 9.59 Å². The number of aliphatic carboxylic acids is 1. The second-order valence-corrected chi connectivity index (χ2v) is 25.5. The molecule has 0 aromatic rings. The van der Waals surface area contributed by atoms with Gasteiger partial charge in [0, 0.05) is 12.8 Å². The molecule has 0 aliphatic rings. The molecule has 2 unspecified atom stereocenters. The Morgan fingerprint density at radius 1 is 0.348 bits per heavy atom. The number of carbonyl (C=O) groups excluding carboxylic acids is 2. The zero-order chi connectivity index (χ0) is 64.7. The molecule has 0 amide bonds. The van der Waals surface area contributed by atoms with Gasteiger partial charge in [-0.15, -0.1) is 0 Å². The minimum Gasteiger partial charge on any atom is -0.477 e. The summed E-state index contributed by atoms with van der Waals surface area (Å²) in [5, 5.41) is 9.76. The highest BCUT2D eigenvalue weighted by Crippen LogP contribution is 2.17. The first-order chi connectivity index (χ1) is 43.6. The number of carbonyl (C=O) groups is 3. The van der Waals surface area contributed by atoms with Gasteiger partial charge in [-0.2, -0.15) is 0 Å². The van der Waals surface area contributed by atoms with Crippen LogP contribution in [0.15, 0.2) is 122 Å². The molecule has 0 radical (unpaired) electrons. The molecule has 510 valence electrons. The first-order valence-electron chi connectivity index (χ1n) is 36.7. The Morgan fingerprint density at radius 3 is 0.955 bits per heavy atom. The van der Waals surface area contributed by atoms with Crippen LogP contribution in [-0.2, 0) is 33.3 Å². The quantitative estimate of drug-likeness (QED) is 0.0211. The lowest BCUT2D eigenvalue weighted by Gasteiger charge is -2.25. The Bertz CT molecular complexity index is 1880. The molecule has 0 heterocycles. The highest BCUT2D eigenvalue weighted by Gasteiger charge is 2.25. The maximum Gasteiger partial charge on any atom is 0.361 e. The fourth-order valence-electron chi connectivity index (χ4n) is 10.1. The van der Waals surface area contributed by atoms with Gasteiger partial charge >= 0.3 is 17.9 Å². The minimum atomic E-state index is -1.52. The van der Waals surface area contributed by atoms with Crippen LogP contribution in [0.1, 0.15) is 309 Å². The van der Waals surface area contributed by atoms with Gasteiger partial charge in [-0.25, -0.2) is 4.79 Å². The topological polar surface area (TPSA) is 108 Å². The van der Waals surface area contributed by atoms with Crippen molar-refractivity contribution in [3.8, 4) is 0 Å². The molecule has 0 aliphatic carbocycles. The molecule has 0 saturated heterocycles. The molecule has 0 spiro atoms. The summed E-state index contributed by atoms with van der Waals surface area (Å²) in [5.74, 6) is -2.01. The van der Waals surface area contributed by atoms with Gasteiger partial charge in [0.25, 0.3) is 6.29 Å². The molecule has 0 aromatic heterocycles. The van der Waals surface area contributed by atoms with Gasteiger partial charge in [-0.1, -0.05) is 309 Å². The fraction of sp³-hybridized carbons (Fsp3) is 0.713. The Hall–Kier alpha value is -4.31. The first-order valence-corrected chi connectivity index (χ1v) is 36.7. The molecule has 0 rings (SSSR count). The van der Waals surface area contributed by atoms with E-state index >= 15 is 0 Å². The van der Waals surface area contributed by atoms with Gasteiger partial charge in [0.2, 0.25) is 0 Å². The van der Waals surface area contributed by atoms with Crippen molar-refractivity contribution < 1.29 is 42.9 Å². The molecule has 0 aromatic carbocycles. The van der Waals surface area contributed by atoms with Gasteiger partial charge in [0.1, 0.15) is 13.2 Å². The van der Waals surface area contributed by atoms with Crippen LogP contribution < -0.4 is 0 Å². The van der Waals surface area contributed by atoms with E-state index in [-0.39, 0.29) is 32.2 Å². The normalized spacial score (nSPS) is 13.4. The van der Waals surface area contributed by atoms with E-state index in [1.807, 2.05) is 21.1 Å². The van der Waals surface area contributed by atoms with Gasteiger partial charge in [-0.05, 0) is 109 Å². The van der Waals surface area contributed by atoms with Gasteiger partial charge in [0.15, 0.2) is 6.10 Å². The van der Waals surface area contributed by atoms with E-state index in [9.17, 15) is 19.5 Å². The standard InChI is InChI=1S/C80H137NO8/c1-6-8-10-12-14-16-18-20-22-24-26-28-30-32-34-36-38-39-41-42-44-46-48-50-52-54-56-58-60-62-64-66-68-70-77(82)87-74-76(75-88-80(79(84)85)86-73-72-81(3,4)5)89-78(83)71-69-67-65-63-61-59-57-55-53-51-49-47-45-43-40-37-35-33-31-29-27-25-23-21-19-17-15-13-11-9-7-2/h9,11,15,17-18,20-21,23-24,26-27,29-30,32-33,35,40,43,47,49,76,80H,6-8,10,12-14,16,19,22,25,28,31,34,36-39,41-42,44-46,48,50-75H2,1-5H3/p+1/b11-9-,17-15-,20-18-,23-21-,26-24-,29-27-,32-30-,35-33-,43-40-,49-47-. The van der Waals surface area contributed by atoms with Crippen LogP contribution in [0.25, 0.3) is 0 Å². The minimum absolute atomic E-state index is 0.182. The lowest BCUT2D eigenvalue weighted by Crippen LogP contribution is -2.40. The van der Waals surface area contributed by atoms with Crippen LogP contribution in [0.5, 0.6) is 0 Å². The number of quaternary nitrogens is 1. The average Bonchev–Trinajstić information content (AvgIpc) is 3.64.